The second-order valence-electron chi connectivity index (χ2n) is 6.87. The molecule has 5 heteroatoms. The lowest BCUT2D eigenvalue weighted by molar-refractivity contribution is -0.121. The van der Waals surface area contributed by atoms with Gasteiger partial charge in [0.25, 0.3) is 0 Å². The van der Waals surface area contributed by atoms with Crippen molar-refractivity contribution in [3.05, 3.63) is 41.8 Å². The fourth-order valence-electron chi connectivity index (χ4n) is 3.61. The van der Waals surface area contributed by atoms with Gasteiger partial charge in [0.05, 0.1) is 12.1 Å². The largest absolute Gasteiger partial charge is 0.441 e. The summed E-state index contributed by atoms with van der Waals surface area (Å²) in [5.41, 5.74) is 7.51. The molecule has 1 unspecified atom stereocenters. The Morgan fingerprint density at radius 2 is 2.00 bits per heavy atom. The number of amides is 1. The molecule has 0 radical (unpaired) electrons. The number of aromatic nitrogens is 1. The third kappa shape index (κ3) is 4.48. The molecule has 5 nitrogen and oxygen atoms in total. The highest BCUT2D eigenvalue weighted by atomic mass is 16.4. The SMILES string of the molecule is Cc1oc(-c2ccccc2)nc1CC(=O)NC(CN)C1CCCCC1. The molecule has 1 aliphatic rings. The van der Waals surface area contributed by atoms with Crippen LogP contribution in [0.15, 0.2) is 34.7 Å². The lowest BCUT2D eigenvalue weighted by atomic mass is 9.84. The van der Waals surface area contributed by atoms with Crippen molar-refractivity contribution in [3.8, 4) is 11.5 Å². The van der Waals surface area contributed by atoms with Crippen molar-refractivity contribution in [1.29, 1.82) is 0 Å². The number of nitrogens with two attached hydrogens (primary N) is 1. The van der Waals surface area contributed by atoms with Gasteiger partial charge in [0.2, 0.25) is 11.8 Å². The number of rotatable bonds is 6. The average molecular weight is 341 g/mol. The van der Waals surface area contributed by atoms with Gasteiger partial charge in [0.1, 0.15) is 5.76 Å². The first-order chi connectivity index (χ1) is 12.2. The van der Waals surface area contributed by atoms with Gasteiger partial charge in [-0.05, 0) is 37.8 Å². The number of hydrogen-bond donors (Lipinski definition) is 2. The van der Waals surface area contributed by atoms with E-state index in [0.717, 1.165) is 18.4 Å². The Morgan fingerprint density at radius 3 is 2.68 bits per heavy atom. The first kappa shape index (κ1) is 17.7. The molecule has 1 aliphatic carbocycles. The second-order valence-corrected chi connectivity index (χ2v) is 6.87. The molecule has 1 saturated carbocycles. The monoisotopic (exact) mass is 341 g/mol. The van der Waals surface area contributed by atoms with Crippen molar-refractivity contribution < 1.29 is 9.21 Å². The van der Waals surface area contributed by atoms with Gasteiger partial charge < -0.3 is 15.5 Å². The van der Waals surface area contributed by atoms with Crippen LogP contribution in [0, 0.1) is 12.8 Å². The molecule has 134 valence electrons. The third-order valence-corrected chi connectivity index (χ3v) is 5.06. The maximum atomic E-state index is 12.5. The van der Waals surface area contributed by atoms with Gasteiger partial charge in [0.15, 0.2) is 0 Å². The molecule has 0 aliphatic heterocycles. The summed E-state index contributed by atoms with van der Waals surface area (Å²) in [5.74, 6) is 1.72. The van der Waals surface area contributed by atoms with Crippen LogP contribution in [0.3, 0.4) is 0 Å². The summed E-state index contributed by atoms with van der Waals surface area (Å²) in [6, 6.07) is 9.79. The lowest BCUT2D eigenvalue weighted by Gasteiger charge is -2.30. The molecule has 1 amide bonds. The molecule has 2 aromatic rings. The summed E-state index contributed by atoms with van der Waals surface area (Å²) in [7, 11) is 0. The first-order valence-corrected chi connectivity index (χ1v) is 9.18. The molecule has 0 saturated heterocycles. The van der Waals surface area contributed by atoms with Crippen LogP contribution >= 0.6 is 0 Å². The van der Waals surface area contributed by atoms with Crippen LogP contribution in [0.2, 0.25) is 0 Å². The normalized spacial score (nSPS) is 16.6. The highest BCUT2D eigenvalue weighted by Crippen LogP contribution is 2.26. The molecule has 3 N–H and O–H groups in total. The van der Waals surface area contributed by atoms with Crippen LogP contribution in [-0.4, -0.2) is 23.5 Å². The fourth-order valence-corrected chi connectivity index (χ4v) is 3.61. The van der Waals surface area contributed by atoms with Gasteiger partial charge in [-0.25, -0.2) is 4.98 Å². The molecular formula is C20H27N3O2. The van der Waals surface area contributed by atoms with Crippen LogP contribution in [0.4, 0.5) is 0 Å². The zero-order valence-electron chi connectivity index (χ0n) is 14.8. The number of nitrogens with zero attached hydrogens (tertiary/aromatic N) is 1. The number of carbonyl (C=O) groups is 1. The van der Waals surface area contributed by atoms with Crippen LogP contribution in [-0.2, 0) is 11.2 Å². The Morgan fingerprint density at radius 1 is 1.28 bits per heavy atom. The van der Waals surface area contributed by atoms with Crippen molar-refractivity contribution >= 4 is 5.91 Å². The number of benzene rings is 1. The maximum Gasteiger partial charge on any atom is 0.226 e. The van der Waals surface area contributed by atoms with E-state index in [-0.39, 0.29) is 18.4 Å². The fraction of sp³-hybridized carbons (Fsp3) is 0.500. The Kier molecular flexibility index (Phi) is 5.87. The number of hydrogen-bond acceptors (Lipinski definition) is 4. The van der Waals surface area contributed by atoms with E-state index in [1.54, 1.807) is 0 Å². The summed E-state index contributed by atoms with van der Waals surface area (Å²) in [5, 5.41) is 3.12. The standard InChI is InChI=1S/C20H27N3O2/c1-14-17(23-20(25-14)16-10-6-3-7-11-16)12-19(24)22-18(13-21)15-8-4-2-5-9-15/h3,6-7,10-11,15,18H,2,4-5,8-9,12-13,21H2,1H3,(H,22,24). The number of aryl methyl sites for hydroxylation is 1. The van der Waals surface area contributed by atoms with E-state index >= 15 is 0 Å². The van der Waals surface area contributed by atoms with Gasteiger partial charge >= 0.3 is 0 Å². The van der Waals surface area contributed by atoms with E-state index in [2.05, 4.69) is 10.3 Å². The van der Waals surface area contributed by atoms with E-state index in [1.807, 2.05) is 37.3 Å². The Labute approximate surface area is 149 Å². The summed E-state index contributed by atoms with van der Waals surface area (Å²) in [4.78, 5) is 17.0. The van der Waals surface area contributed by atoms with Gasteiger partial charge in [-0.1, -0.05) is 37.5 Å². The smallest absolute Gasteiger partial charge is 0.226 e. The third-order valence-electron chi connectivity index (χ3n) is 5.06. The van der Waals surface area contributed by atoms with Crippen LogP contribution in [0.1, 0.15) is 43.6 Å². The van der Waals surface area contributed by atoms with Gasteiger partial charge in [-0.15, -0.1) is 0 Å². The van der Waals surface area contributed by atoms with E-state index in [0.29, 0.717) is 29.8 Å². The zero-order valence-corrected chi connectivity index (χ0v) is 14.8. The number of carbonyl (C=O) groups excluding carboxylic acids is 1. The Bertz CT molecular complexity index is 690. The predicted octanol–water partition coefficient (Wildman–Crippen LogP) is 3.22. The van der Waals surface area contributed by atoms with Crippen molar-refractivity contribution in [1.82, 2.24) is 10.3 Å². The first-order valence-electron chi connectivity index (χ1n) is 9.18. The molecule has 0 spiro atoms. The van der Waals surface area contributed by atoms with Crippen molar-refractivity contribution in [3.63, 3.8) is 0 Å². The molecule has 1 aromatic heterocycles. The van der Waals surface area contributed by atoms with Crippen LogP contribution in [0.5, 0.6) is 0 Å². The Hall–Kier alpha value is -2.14. The van der Waals surface area contributed by atoms with Crippen molar-refractivity contribution in [2.45, 2.75) is 51.5 Å². The quantitative estimate of drug-likeness (QED) is 0.845. The maximum absolute atomic E-state index is 12.5. The molecule has 25 heavy (non-hydrogen) atoms. The van der Waals surface area contributed by atoms with Gasteiger partial charge in [-0.2, -0.15) is 0 Å². The molecule has 0 bridgehead atoms. The summed E-state index contributed by atoms with van der Waals surface area (Å²) >= 11 is 0. The summed E-state index contributed by atoms with van der Waals surface area (Å²) < 4.78 is 5.73. The van der Waals surface area contributed by atoms with Crippen molar-refractivity contribution in [2.75, 3.05) is 6.54 Å². The minimum atomic E-state index is -0.0305. The number of nitrogens with one attached hydrogen (secondary N) is 1. The molecule has 1 heterocycles. The van der Waals surface area contributed by atoms with E-state index in [1.165, 1.54) is 19.3 Å². The Balaban J connectivity index is 1.63. The highest BCUT2D eigenvalue weighted by Gasteiger charge is 2.24. The van der Waals surface area contributed by atoms with Gasteiger partial charge in [-0.3, -0.25) is 4.79 Å². The minimum Gasteiger partial charge on any atom is -0.441 e. The molecule has 1 aromatic carbocycles. The topological polar surface area (TPSA) is 81.2 Å². The highest BCUT2D eigenvalue weighted by molar-refractivity contribution is 5.78. The predicted molar refractivity (Wildman–Crippen MR) is 97.9 cm³/mol. The van der Waals surface area contributed by atoms with Crippen LogP contribution < -0.4 is 11.1 Å². The molecule has 1 fully saturated rings. The molecule has 3 rings (SSSR count). The molecule has 1 atom stereocenters. The summed E-state index contributed by atoms with van der Waals surface area (Å²) in [6.45, 7) is 2.34. The van der Waals surface area contributed by atoms with Crippen molar-refractivity contribution in [2.24, 2.45) is 11.7 Å². The van der Waals surface area contributed by atoms with Gasteiger partial charge in [0, 0.05) is 18.2 Å². The zero-order chi connectivity index (χ0) is 17.6. The lowest BCUT2D eigenvalue weighted by Crippen LogP contribution is -2.46. The second kappa shape index (κ2) is 8.30. The summed E-state index contributed by atoms with van der Waals surface area (Å²) in [6.07, 6.45) is 6.31. The minimum absolute atomic E-state index is 0.0305. The molecular weight excluding hydrogens is 314 g/mol. The van der Waals surface area contributed by atoms with E-state index in [4.69, 9.17) is 10.2 Å². The van der Waals surface area contributed by atoms with E-state index in [9.17, 15) is 4.79 Å². The van der Waals surface area contributed by atoms with E-state index < -0.39 is 0 Å². The van der Waals surface area contributed by atoms with Crippen LogP contribution in [0.25, 0.3) is 11.5 Å². The average Bonchev–Trinajstić information content (AvgIpc) is 3.01. The number of oxazole rings is 1.